The van der Waals surface area contributed by atoms with Crippen molar-refractivity contribution in [2.75, 3.05) is 6.54 Å². The van der Waals surface area contributed by atoms with Crippen molar-refractivity contribution in [2.24, 2.45) is 5.92 Å². The van der Waals surface area contributed by atoms with Crippen LogP contribution in [0.1, 0.15) is 12.8 Å². The van der Waals surface area contributed by atoms with Crippen LogP contribution in [0.25, 0.3) is 0 Å². The first-order chi connectivity index (χ1) is 13.5. The van der Waals surface area contributed by atoms with Gasteiger partial charge in [0, 0.05) is 39.4 Å². The minimum absolute atomic E-state index is 0.0920. The van der Waals surface area contributed by atoms with Gasteiger partial charge in [0.05, 0.1) is 18.7 Å². The van der Waals surface area contributed by atoms with Crippen LogP contribution in [0.2, 0.25) is 0 Å². The molecule has 0 amide bonds. The third-order valence-corrected chi connectivity index (χ3v) is 6.59. The van der Waals surface area contributed by atoms with Crippen molar-refractivity contribution < 1.29 is 5.11 Å². The van der Waals surface area contributed by atoms with Gasteiger partial charge in [-0.3, -0.25) is 4.79 Å². The summed E-state index contributed by atoms with van der Waals surface area (Å²) in [5.74, 6) is 0.379. The lowest BCUT2D eigenvalue weighted by Crippen LogP contribution is -2.39. The van der Waals surface area contributed by atoms with Gasteiger partial charge in [0.15, 0.2) is 0 Å². The van der Waals surface area contributed by atoms with Gasteiger partial charge in [-0.2, -0.15) is 0 Å². The van der Waals surface area contributed by atoms with Gasteiger partial charge in [-0.1, -0.05) is 62.2 Å². The number of halogens is 2. The molecule has 0 saturated carbocycles. The maximum atomic E-state index is 12.0. The van der Waals surface area contributed by atoms with E-state index in [1.807, 2.05) is 6.07 Å². The van der Waals surface area contributed by atoms with Crippen molar-refractivity contribution in [3.8, 4) is 0 Å². The number of fused-ring (bicyclic) bond motifs is 1. The number of hydrogen-bond donors (Lipinski definition) is 1. The Balaban J connectivity index is 1.54. The standard InChI is InChI=1S/C22H22Br2N2O2/c23-17-6-9-21-16(11-17)12-18(7-8-20(24)15-4-5-15)26(21)14-19(27)13-25-10-2-1-3-22(25)28/h1-4,6-11,16,19,21,27H,5,12-14H2/b18-7+,20-8+. The van der Waals surface area contributed by atoms with E-state index in [0.29, 0.717) is 12.5 Å². The SMILES string of the molecule is O=c1ccccn1CC(O)CN1/C(=C/C=C(/Br)C2=CC2)CC2C=C(Br)C=CC21. The number of allylic oxidation sites excluding steroid dienone is 8. The molecule has 1 aromatic heterocycles. The van der Waals surface area contributed by atoms with Gasteiger partial charge in [-0.25, -0.2) is 0 Å². The van der Waals surface area contributed by atoms with E-state index in [2.05, 4.69) is 73.2 Å². The number of β-amino-alcohol motifs (C(OH)–C–C–N with tert-alkyl or cyclic N) is 1. The summed E-state index contributed by atoms with van der Waals surface area (Å²) in [7, 11) is 0. The predicted octanol–water partition coefficient (Wildman–Crippen LogP) is 4.24. The fraction of sp³-hybridized carbons (Fsp3) is 0.318. The highest BCUT2D eigenvalue weighted by atomic mass is 79.9. The summed E-state index contributed by atoms with van der Waals surface area (Å²) in [6, 6.07) is 5.27. The van der Waals surface area contributed by atoms with E-state index in [4.69, 9.17) is 0 Å². The number of likely N-dealkylation sites (tertiary alicyclic amines) is 1. The van der Waals surface area contributed by atoms with E-state index >= 15 is 0 Å². The third kappa shape index (κ3) is 4.50. The van der Waals surface area contributed by atoms with Crippen LogP contribution in [-0.2, 0) is 6.54 Å². The van der Waals surface area contributed by atoms with Gasteiger partial charge in [-0.05, 0) is 36.6 Å². The number of aliphatic hydroxyl groups is 1. The van der Waals surface area contributed by atoms with E-state index in [1.54, 1.807) is 16.8 Å². The number of nitrogens with zero attached hydrogens (tertiary/aromatic N) is 2. The Morgan fingerprint density at radius 1 is 1.36 bits per heavy atom. The first-order valence-corrected chi connectivity index (χ1v) is 11.0. The molecule has 6 heteroatoms. The molecule has 1 N–H and O–H groups in total. The number of rotatable bonds is 6. The molecule has 1 saturated heterocycles. The second-order valence-electron chi connectivity index (χ2n) is 7.37. The highest BCUT2D eigenvalue weighted by Crippen LogP contribution is 2.39. The topological polar surface area (TPSA) is 45.5 Å². The molecule has 0 spiro atoms. The summed E-state index contributed by atoms with van der Waals surface area (Å²) in [5.41, 5.74) is 2.45. The maximum Gasteiger partial charge on any atom is 0.250 e. The van der Waals surface area contributed by atoms with Gasteiger partial charge in [0.25, 0.3) is 5.56 Å². The molecule has 3 unspecified atom stereocenters. The Morgan fingerprint density at radius 2 is 2.18 bits per heavy atom. The Labute approximate surface area is 181 Å². The Hall–Kier alpha value is -1.63. The molecule has 1 aromatic rings. The van der Waals surface area contributed by atoms with Crippen LogP contribution in [0.4, 0.5) is 0 Å². The average Bonchev–Trinajstić information content (AvgIpc) is 3.46. The highest BCUT2D eigenvalue weighted by molar-refractivity contribution is 9.12. The lowest BCUT2D eigenvalue weighted by molar-refractivity contribution is 0.107. The third-order valence-electron chi connectivity index (χ3n) is 5.29. The largest absolute Gasteiger partial charge is 0.389 e. The van der Waals surface area contributed by atoms with Gasteiger partial charge in [0.1, 0.15) is 0 Å². The minimum Gasteiger partial charge on any atom is -0.389 e. The first-order valence-electron chi connectivity index (χ1n) is 9.43. The van der Waals surface area contributed by atoms with Crippen LogP contribution >= 0.6 is 31.9 Å². The summed E-state index contributed by atoms with van der Waals surface area (Å²) in [6.45, 7) is 0.773. The molecule has 28 heavy (non-hydrogen) atoms. The van der Waals surface area contributed by atoms with Crippen molar-refractivity contribution in [1.29, 1.82) is 0 Å². The predicted molar refractivity (Wildman–Crippen MR) is 119 cm³/mol. The summed E-state index contributed by atoms with van der Waals surface area (Å²) in [5, 5.41) is 10.7. The van der Waals surface area contributed by atoms with Crippen LogP contribution in [-0.4, -0.2) is 33.3 Å². The van der Waals surface area contributed by atoms with Gasteiger partial charge < -0.3 is 14.6 Å². The molecule has 2 aliphatic carbocycles. The van der Waals surface area contributed by atoms with Crippen molar-refractivity contribution in [3.63, 3.8) is 0 Å². The molecule has 4 rings (SSSR count). The van der Waals surface area contributed by atoms with Crippen LogP contribution in [0.15, 0.2) is 85.9 Å². The van der Waals surface area contributed by atoms with E-state index in [-0.39, 0.29) is 18.1 Å². The zero-order chi connectivity index (χ0) is 19.7. The lowest BCUT2D eigenvalue weighted by atomic mass is 9.95. The molecule has 0 radical (unpaired) electrons. The minimum atomic E-state index is -0.636. The van der Waals surface area contributed by atoms with Gasteiger partial charge in [0.2, 0.25) is 0 Å². The van der Waals surface area contributed by atoms with E-state index in [9.17, 15) is 9.90 Å². The van der Waals surface area contributed by atoms with Gasteiger partial charge in [-0.15, -0.1) is 0 Å². The molecule has 1 fully saturated rings. The fourth-order valence-electron chi connectivity index (χ4n) is 3.81. The number of hydrogen-bond acceptors (Lipinski definition) is 3. The normalized spacial score (nSPS) is 26.2. The molecule has 0 aromatic carbocycles. The summed E-state index contributed by atoms with van der Waals surface area (Å²) in [4.78, 5) is 14.2. The quantitative estimate of drug-likeness (QED) is 0.628. The van der Waals surface area contributed by atoms with E-state index < -0.39 is 6.10 Å². The summed E-state index contributed by atoms with van der Waals surface area (Å²) < 4.78 is 3.79. The van der Waals surface area contributed by atoms with E-state index in [0.717, 1.165) is 21.8 Å². The van der Waals surface area contributed by atoms with Crippen LogP contribution in [0, 0.1) is 5.92 Å². The van der Waals surface area contributed by atoms with Crippen LogP contribution < -0.4 is 5.56 Å². The summed E-state index contributed by atoms with van der Waals surface area (Å²) in [6.07, 6.45) is 16.0. The smallest absolute Gasteiger partial charge is 0.250 e. The average molecular weight is 506 g/mol. The van der Waals surface area contributed by atoms with Crippen molar-refractivity contribution in [1.82, 2.24) is 9.47 Å². The summed E-state index contributed by atoms with van der Waals surface area (Å²) >= 11 is 7.21. The molecular formula is C22H22Br2N2O2. The second kappa shape index (κ2) is 8.39. The molecule has 2 heterocycles. The maximum absolute atomic E-state index is 12.0. The molecule has 0 bridgehead atoms. The number of pyridine rings is 1. The van der Waals surface area contributed by atoms with Crippen molar-refractivity contribution in [3.05, 3.63) is 91.4 Å². The monoisotopic (exact) mass is 504 g/mol. The molecule has 4 nitrogen and oxygen atoms in total. The number of aliphatic hydroxyl groups excluding tert-OH is 1. The molecule has 1 aliphatic heterocycles. The van der Waals surface area contributed by atoms with Crippen molar-refractivity contribution in [2.45, 2.75) is 31.5 Å². The highest BCUT2D eigenvalue weighted by Gasteiger charge is 2.36. The fourth-order valence-corrected chi connectivity index (χ4v) is 4.75. The molecule has 146 valence electrons. The van der Waals surface area contributed by atoms with E-state index in [1.165, 1.54) is 17.3 Å². The first kappa shape index (κ1) is 19.7. The van der Waals surface area contributed by atoms with Crippen molar-refractivity contribution >= 4 is 31.9 Å². The molecule has 3 aliphatic rings. The zero-order valence-electron chi connectivity index (χ0n) is 15.3. The molecule has 3 atom stereocenters. The zero-order valence-corrected chi connectivity index (χ0v) is 18.5. The Morgan fingerprint density at radius 3 is 2.93 bits per heavy atom. The number of aromatic nitrogens is 1. The van der Waals surface area contributed by atoms with Crippen LogP contribution in [0.3, 0.4) is 0 Å². The Bertz CT molecular complexity index is 971. The van der Waals surface area contributed by atoms with Crippen LogP contribution in [0.5, 0.6) is 0 Å². The second-order valence-corrected chi connectivity index (χ2v) is 9.14. The molecular weight excluding hydrogens is 484 g/mol. The van der Waals surface area contributed by atoms with Gasteiger partial charge >= 0.3 is 0 Å². The Kier molecular flexibility index (Phi) is 5.90. The lowest BCUT2D eigenvalue weighted by Gasteiger charge is -2.31.